The molecule has 0 aliphatic heterocycles. The number of aromatic nitrogens is 1. The minimum absolute atomic E-state index is 0.348. The second-order valence-electron chi connectivity index (χ2n) is 2.57. The maximum Gasteiger partial charge on any atom is 0.310 e. The molecule has 1 unspecified atom stereocenters. The molecule has 12 heavy (non-hydrogen) atoms. The van der Waals surface area contributed by atoms with Gasteiger partial charge in [-0.3, -0.25) is 4.79 Å². The monoisotopic (exact) mass is 166 g/mol. The number of nitrogens with two attached hydrogens (primary N) is 1. The number of hydrogen-bond donors (Lipinski definition) is 2. The number of rotatable bonds is 2. The van der Waals surface area contributed by atoms with Gasteiger partial charge in [0.2, 0.25) is 0 Å². The third-order valence-corrected chi connectivity index (χ3v) is 1.68. The zero-order chi connectivity index (χ0) is 9.14. The molecule has 0 amide bonds. The molecule has 4 heteroatoms. The van der Waals surface area contributed by atoms with Crippen LogP contribution in [0, 0.1) is 0 Å². The fraction of sp³-hybridized carbons (Fsp3) is 0.250. The molecule has 0 bridgehead atoms. The summed E-state index contributed by atoms with van der Waals surface area (Å²) in [5.41, 5.74) is 6.07. The van der Waals surface area contributed by atoms with Crippen LogP contribution in [0.15, 0.2) is 18.3 Å². The lowest BCUT2D eigenvalue weighted by Crippen LogP contribution is -2.07. The summed E-state index contributed by atoms with van der Waals surface area (Å²) < 4.78 is 0. The van der Waals surface area contributed by atoms with Gasteiger partial charge in [-0.05, 0) is 24.6 Å². The third-order valence-electron chi connectivity index (χ3n) is 1.68. The van der Waals surface area contributed by atoms with Crippen LogP contribution in [0.4, 0.5) is 5.82 Å². The first-order valence-electron chi connectivity index (χ1n) is 3.55. The molecule has 0 radical (unpaired) electrons. The molecule has 64 valence electrons. The summed E-state index contributed by atoms with van der Waals surface area (Å²) >= 11 is 0. The van der Waals surface area contributed by atoms with Gasteiger partial charge in [0.05, 0.1) is 5.92 Å². The molecule has 3 N–H and O–H groups in total. The van der Waals surface area contributed by atoms with Crippen molar-refractivity contribution in [3.8, 4) is 0 Å². The molecule has 0 saturated heterocycles. The first-order chi connectivity index (χ1) is 5.61. The molecule has 1 rings (SSSR count). The van der Waals surface area contributed by atoms with Crippen molar-refractivity contribution < 1.29 is 9.90 Å². The summed E-state index contributed by atoms with van der Waals surface area (Å²) in [6.07, 6.45) is 1.50. The SMILES string of the molecule is CC(C(=O)O)c1ccnc(N)c1. The van der Waals surface area contributed by atoms with Crippen molar-refractivity contribution in [3.05, 3.63) is 23.9 Å². The van der Waals surface area contributed by atoms with Crippen molar-refractivity contribution in [1.29, 1.82) is 0 Å². The summed E-state index contributed by atoms with van der Waals surface area (Å²) in [5.74, 6) is -1.04. The Kier molecular flexibility index (Phi) is 2.28. The van der Waals surface area contributed by atoms with Crippen molar-refractivity contribution in [3.63, 3.8) is 0 Å². The molecule has 1 heterocycles. The molecule has 1 aromatic heterocycles. The van der Waals surface area contributed by atoms with Crippen LogP contribution in [0.25, 0.3) is 0 Å². The Bertz CT molecular complexity index is 299. The second kappa shape index (κ2) is 3.21. The minimum atomic E-state index is -0.861. The van der Waals surface area contributed by atoms with Crippen molar-refractivity contribution in [2.45, 2.75) is 12.8 Å². The van der Waals surface area contributed by atoms with Crippen LogP contribution in [0.1, 0.15) is 18.4 Å². The lowest BCUT2D eigenvalue weighted by atomic mass is 10.0. The summed E-state index contributed by atoms with van der Waals surface area (Å²) in [5, 5.41) is 8.67. The molecular formula is C8H10N2O2. The highest BCUT2D eigenvalue weighted by Gasteiger charge is 2.13. The van der Waals surface area contributed by atoms with Gasteiger partial charge in [0, 0.05) is 6.20 Å². The number of carbonyl (C=O) groups is 1. The molecule has 0 saturated carbocycles. The van der Waals surface area contributed by atoms with Gasteiger partial charge in [0.25, 0.3) is 0 Å². The number of carboxylic acid groups (broad SMARTS) is 1. The van der Waals surface area contributed by atoms with Crippen LogP contribution in [-0.4, -0.2) is 16.1 Å². The predicted octanol–water partition coefficient (Wildman–Crippen LogP) is 0.852. The largest absolute Gasteiger partial charge is 0.481 e. The number of hydrogen-bond acceptors (Lipinski definition) is 3. The van der Waals surface area contributed by atoms with Crippen LogP contribution >= 0.6 is 0 Å². The standard InChI is InChI=1S/C8H10N2O2/c1-5(8(11)12)6-2-3-10-7(9)4-6/h2-5H,1H3,(H2,9,10)(H,11,12). The van der Waals surface area contributed by atoms with E-state index in [9.17, 15) is 4.79 Å². The van der Waals surface area contributed by atoms with Gasteiger partial charge in [0.1, 0.15) is 5.82 Å². The van der Waals surface area contributed by atoms with Gasteiger partial charge in [-0.1, -0.05) is 0 Å². The number of pyridine rings is 1. The summed E-state index contributed by atoms with van der Waals surface area (Å²) in [7, 11) is 0. The van der Waals surface area contributed by atoms with E-state index in [4.69, 9.17) is 10.8 Å². The number of nitrogens with zero attached hydrogens (tertiary/aromatic N) is 1. The van der Waals surface area contributed by atoms with Crippen LogP contribution in [-0.2, 0) is 4.79 Å². The second-order valence-corrected chi connectivity index (χ2v) is 2.57. The van der Waals surface area contributed by atoms with Crippen molar-refractivity contribution in [2.24, 2.45) is 0 Å². The van der Waals surface area contributed by atoms with E-state index in [1.165, 1.54) is 6.20 Å². The quantitative estimate of drug-likeness (QED) is 0.682. The number of nitrogen functional groups attached to an aromatic ring is 1. The van der Waals surface area contributed by atoms with E-state index >= 15 is 0 Å². The van der Waals surface area contributed by atoms with Gasteiger partial charge < -0.3 is 10.8 Å². The number of aliphatic carboxylic acids is 1. The first-order valence-corrected chi connectivity index (χ1v) is 3.55. The zero-order valence-corrected chi connectivity index (χ0v) is 6.69. The van der Waals surface area contributed by atoms with E-state index in [-0.39, 0.29) is 0 Å². The molecule has 0 aromatic carbocycles. The molecule has 0 aliphatic carbocycles. The van der Waals surface area contributed by atoms with Crippen molar-refractivity contribution in [2.75, 3.05) is 5.73 Å². The summed E-state index contributed by atoms with van der Waals surface area (Å²) in [6, 6.07) is 3.22. The normalized spacial score (nSPS) is 12.4. The van der Waals surface area contributed by atoms with E-state index in [0.29, 0.717) is 11.4 Å². The third kappa shape index (κ3) is 1.72. The highest BCUT2D eigenvalue weighted by atomic mass is 16.4. The Balaban J connectivity index is 2.95. The summed E-state index contributed by atoms with van der Waals surface area (Å²) in [6.45, 7) is 1.61. The highest BCUT2D eigenvalue weighted by molar-refractivity contribution is 5.75. The Morgan fingerprint density at radius 2 is 2.42 bits per heavy atom. The Hall–Kier alpha value is -1.58. The fourth-order valence-corrected chi connectivity index (χ4v) is 0.877. The summed E-state index contributed by atoms with van der Waals surface area (Å²) in [4.78, 5) is 14.3. The molecule has 1 atom stereocenters. The first kappa shape index (κ1) is 8.52. The topological polar surface area (TPSA) is 76.2 Å². The predicted molar refractivity (Wildman–Crippen MR) is 44.7 cm³/mol. The highest BCUT2D eigenvalue weighted by Crippen LogP contribution is 2.15. The van der Waals surface area contributed by atoms with E-state index in [1.807, 2.05) is 0 Å². The Morgan fingerprint density at radius 3 is 2.92 bits per heavy atom. The van der Waals surface area contributed by atoms with Crippen molar-refractivity contribution in [1.82, 2.24) is 4.98 Å². The molecule has 0 fully saturated rings. The van der Waals surface area contributed by atoms with Crippen LogP contribution < -0.4 is 5.73 Å². The lowest BCUT2D eigenvalue weighted by Gasteiger charge is -2.05. The molecular weight excluding hydrogens is 156 g/mol. The molecule has 4 nitrogen and oxygen atoms in total. The smallest absolute Gasteiger partial charge is 0.310 e. The van der Waals surface area contributed by atoms with E-state index in [1.54, 1.807) is 19.1 Å². The van der Waals surface area contributed by atoms with E-state index in [2.05, 4.69) is 4.98 Å². The Morgan fingerprint density at radius 1 is 1.75 bits per heavy atom. The van der Waals surface area contributed by atoms with Crippen LogP contribution in [0.5, 0.6) is 0 Å². The lowest BCUT2D eigenvalue weighted by molar-refractivity contribution is -0.138. The van der Waals surface area contributed by atoms with E-state index in [0.717, 1.165) is 0 Å². The minimum Gasteiger partial charge on any atom is -0.481 e. The zero-order valence-electron chi connectivity index (χ0n) is 6.69. The average molecular weight is 166 g/mol. The number of anilines is 1. The van der Waals surface area contributed by atoms with Crippen molar-refractivity contribution >= 4 is 11.8 Å². The van der Waals surface area contributed by atoms with Gasteiger partial charge in [-0.2, -0.15) is 0 Å². The average Bonchev–Trinajstić information content (AvgIpc) is 2.03. The van der Waals surface area contributed by atoms with Gasteiger partial charge >= 0.3 is 5.97 Å². The van der Waals surface area contributed by atoms with Gasteiger partial charge in [0.15, 0.2) is 0 Å². The van der Waals surface area contributed by atoms with Crippen LogP contribution in [0.2, 0.25) is 0 Å². The maximum absolute atomic E-state index is 10.5. The van der Waals surface area contributed by atoms with Gasteiger partial charge in [-0.15, -0.1) is 0 Å². The Labute approximate surface area is 70.0 Å². The van der Waals surface area contributed by atoms with Gasteiger partial charge in [-0.25, -0.2) is 4.98 Å². The maximum atomic E-state index is 10.5. The van der Waals surface area contributed by atoms with Crippen LogP contribution in [0.3, 0.4) is 0 Å². The molecule has 0 spiro atoms. The number of carboxylic acids is 1. The van der Waals surface area contributed by atoms with E-state index < -0.39 is 11.9 Å². The fourth-order valence-electron chi connectivity index (χ4n) is 0.877. The molecule has 0 aliphatic rings. The molecule has 1 aromatic rings.